The van der Waals surface area contributed by atoms with Gasteiger partial charge < -0.3 is 0 Å². The van der Waals surface area contributed by atoms with E-state index < -0.39 is 11.7 Å². The molecule has 106 valence electrons. The number of nitrogens with zero attached hydrogens (tertiary/aromatic N) is 2. The molecule has 2 nitrogen and oxygen atoms in total. The van der Waals surface area contributed by atoms with Crippen molar-refractivity contribution in [3.05, 3.63) is 47.3 Å². The molecule has 0 atom stereocenters. The lowest BCUT2D eigenvalue weighted by atomic mass is 10.1. The first-order chi connectivity index (χ1) is 9.50. The molecule has 0 radical (unpaired) electrons. The van der Waals surface area contributed by atoms with Crippen molar-refractivity contribution in [2.75, 3.05) is 0 Å². The quantitative estimate of drug-likeness (QED) is 0.763. The molecule has 1 saturated carbocycles. The zero-order chi connectivity index (χ0) is 14.3. The van der Waals surface area contributed by atoms with Crippen LogP contribution in [0.15, 0.2) is 30.5 Å². The Hall–Kier alpha value is -1.49. The summed E-state index contributed by atoms with van der Waals surface area (Å²) in [5.41, 5.74) is 1.96. The Labute approximate surface area is 119 Å². The van der Waals surface area contributed by atoms with Gasteiger partial charge in [0.15, 0.2) is 0 Å². The lowest BCUT2D eigenvalue weighted by Gasteiger charge is -2.10. The number of halogens is 4. The lowest BCUT2D eigenvalue weighted by molar-refractivity contribution is -0.137. The zero-order valence-electron chi connectivity index (χ0n) is 10.5. The Morgan fingerprint density at radius 1 is 1.20 bits per heavy atom. The molecule has 0 spiro atoms. The SMILES string of the molecule is FC(F)(F)c1ccc(-n2ncc(CCl)c2C2CC2)cc1. The van der Waals surface area contributed by atoms with E-state index in [1.54, 1.807) is 10.9 Å². The van der Waals surface area contributed by atoms with Gasteiger partial charge in [0.2, 0.25) is 0 Å². The van der Waals surface area contributed by atoms with E-state index in [1.165, 1.54) is 12.1 Å². The van der Waals surface area contributed by atoms with Crippen LogP contribution in [0.3, 0.4) is 0 Å². The number of hydrogen-bond donors (Lipinski definition) is 0. The Kier molecular flexibility index (Phi) is 3.24. The molecule has 1 fully saturated rings. The smallest absolute Gasteiger partial charge is 0.237 e. The predicted molar refractivity (Wildman–Crippen MR) is 70.1 cm³/mol. The molecule has 1 aromatic carbocycles. The fourth-order valence-electron chi connectivity index (χ4n) is 2.28. The molecule has 0 unspecified atom stereocenters. The van der Waals surface area contributed by atoms with Gasteiger partial charge in [0.1, 0.15) is 0 Å². The van der Waals surface area contributed by atoms with Crippen LogP contribution in [0, 0.1) is 0 Å². The number of alkyl halides is 4. The molecular weight excluding hydrogens is 289 g/mol. The summed E-state index contributed by atoms with van der Waals surface area (Å²) < 4.78 is 39.4. The van der Waals surface area contributed by atoms with Crippen molar-refractivity contribution in [3.63, 3.8) is 0 Å². The second-order valence-corrected chi connectivity index (χ2v) is 5.19. The first-order valence-corrected chi connectivity index (χ1v) is 6.84. The summed E-state index contributed by atoms with van der Waals surface area (Å²) in [7, 11) is 0. The van der Waals surface area contributed by atoms with E-state index in [2.05, 4.69) is 5.10 Å². The van der Waals surface area contributed by atoms with Crippen molar-refractivity contribution in [2.24, 2.45) is 0 Å². The standard InChI is InChI=1S/C14H12ClF3N2/c15-7-10-8-19-20(13(10)9-1-2-9)12-5-3-11(4-6-12)14(16,17)18/h3-6,8-9H,1-2,7H2. The predicted octanol–water partition coefficient (Wildman–Crippen LogP) is 4.51. The first kappa shape index (κ1) is 13.5. The average molecular weight is 301 g/mol. The monoisotopic (exact) mass is 300 g/mol. The van der Waals surface area contributed by atoms with Gasteiger partial charge in [0, 0.05) is 11.5 Å². The average Bonchev–Trinajstić information content (AvgIpc) is 3.17. The lowest BCUT2D eigenvalue weighted by Crippen LogP contribution is -2.06. The van der Waals surface area contributed by atoms with Gasteiger partial charge >= 0.3 is 6.18 Å². The van der Waals surface area contributed by atoms with Crippen LogP contribution in [0.25, 0.3) is 5.69 Å². The summed E-state index contributed by atoms with van der Waals surface area (Å²) in [5, 5.41) is 4.26. The van der Waals surface area contributed by atoms with E-state index in [4.69, 9.17) is 11.6 Å². The van der Waals surface area contributed by atoms with Crippen LogP contribution < -0.4 is 0 Å². The topological polar surface area (TPSA) is 17.8 Å². The van der Waals surface area contributed by atoms with E-state index in [-0.39, 0.29) is 0 Å². The van der Waals surface area contributed by atoms with Crippen molar-refractivity contribution in [2.45, 2.75) is 30.8 Å². The molecule has 3 rings (SSSR count). The van der Waals surface area contributed by atoms with Gasteiger partial charge in [-0.05, 0) is 37.1 Å². The fraction of sp³-hybridized carbons (Fsp3) is 0.357. The molecule has 1 heterocycles. The maximum Gasteiger partial charge on any atom is 0.416 e. The van der Waals surface area contributed by atoms with Crippen LogP contribution in [0.1, 0.15) is 35.6 Å². The molecule has 0 aliphatic heterocycles. The largest absolute Gasteiger partial charge is 0.416 e. The highest BCUT2D eigenvalue weighted by Gasteiger charge is 2.32. The van der Waals surface area contributed by atoms with Crippen LogP contribution in [0.2, 0.25) is 0 Å². The van der Waals surface area contributed by atoms with Gasteiger partial charge in [-0.2, -0.15) is 18.3 Å². The van der Waals surface area contributed by atoms with Crippen LogP contribution >= 0.6 is 11.6 Å². The van der Waals surface area contributed by atoms with E-state index in [9.17, 15) is 13.2 Å². The molecule has 1 aliphatic carbocycles. The van der Waals surface area contributed by atoms with Gasteiger partial charge in [-0.3, -0.25) is 0 Å². The summed E-state index contributed by atoms with van der Waals surface area (Å²) in [6.45, 7) is 0. The molecule has 0 amide bonds. The van der Waals surface area contributed by atoms with E-state index in [0.717, 1.165) is 36.2 Å². The summed E-state index contributed by atoms with van der Waals surface area (Å²) in [6.07, 6.45) is -0.464. The van der Waals surface area contributed by atoms with E-state index in [0.29, 0.717) is 17.5 Å². The van der Waals surface area contributed by atoms with Crippen molar-refractivity contribution >= 4 is 11.6 Å². The summed E-state index contributed by atoms with van der Waals surface area (Å²) in [4.78, 5) is 0. The van der Waals surface area contributed by atoms with Gasteiger partial charge in [-0.25, -0.2) is 4.68 Å². The molecule has 0 saturated heterocycles. The van der Waals surface area contributed by atoms with E-state index >= 15 is 0 Å². The normalized spacial score (nSPS) is 15.6. The highest BCUT2D eigenvalue weighted by Crippen LogP contribution is 2.43. The van der Waals surface area contributed by atoms with Gasteiger partial charge in [0.05, 0.1) is 29.0 Å². The molecule has 2 aromatic rings. The molecule has 0 N–H and O–H groups in total. The minimum atomic E-state index is -4.32. The van der Waals surface area contributed by atoms with Crippen LogP contribution in [0.4, 0.5) is 13.2 Å². The molecule has 6 heteroatoms. The highest BCUT2D eigenvalue weighted by atomic mass is 35.5. The number of benzene rings is 1. The molecule has 0 bridgehead atoms. The zero-order valence-corrected chi connectivity index (χ0v) is 11.2. The highest BCUT2D eigenvalue weighted by molar-refractivity contribution is 6.17. The van der Waals surface area contributed by atoms with Gasteiger partial charge in [-0.1, -0.05) is 0 Å². The Bertz CT molecular complexity index is 612. The van der Waals surface area contributed by atoms with Crippen molar-refractivity contribution in [3.8, 4) is 5.69 Å². The minimum absolute atomic E-state index is 0.368. The molecule has 1 aromatic heterocycles. The Morgan fingerprint density at radius 2 is 1.85 bits per heavy atom. The number of rotatable bonds is 3. The Morgan fingerprint density at radius 3 is 2.35 bits per heavy atom. The number of hydrogen-bond acceptors (Lipinski definition) is 1. The molecular formula is C14H12ClF3N2. The third-order valence-electron chi connectivity index (χ3n) is 3.43. The summed E-state index contributed by atoms with van der Waals surface area (Å²) >= 11 is 5.89. The molecule has 20 heavy (non-hydrogen) atoms. The fourth-order valence-corrected chi connectivity index (χ4v) is 2.49. The first-order valence-electron chi connectivity index (χ1n) is 6.31. The van der Waals surface area contributed by atoms with Crippen molar-refractivity contribution in [1.82, 2.24) is 9.78 Å². The minimum Gasteiger partial charge on any atom is -0.237 e. The Balaban J connectivity index is 1.99. The van der Waals surface area contributed by atoms with Crippen LogP contribution in [-0.4, -0.2) is 9.78 Å². The maximum absolute atomic E-state index is 12.6. The summed E-state index contributed by atoms with van der Waals surface area (Å²) in [6, 6.07) is 5.04. The number of aromatic nitrogens is 2. The van der Waals surface area contributed by atoms with Gasteiger partial charge in [-0.15, -0.1) is 11.6 Å². The second-order valence-electron chi connectivity index (χ2n) is 4.92. The maximum atomic E-state index is 12.6. The van der Waals surface area contributed by atoms with Crippen molar-refractivity contribution < 1.29 is 13.2 Å². The molecule has 1 aliphatic rings. The third-order valence-corrected chi connectivity index (χ3v) is 3.72. The second kappa shape index (κ2) is 4.81. The van der Waals surface area contributed by atoms with Crippen LogP contribution in [-0.2, 0) is 12.1 Å². The van der Waals surface area contributed by atoms with Crippen molar-refractivity contribution in [1.29, 1.82) is 0 Å². The third kappa shape index (κ3) is 2.42. The van der Waals surface area contributed by atoms with E-state index in [1.807, 2.05) is 0 Å². The van der Waals surface area contributed by atoms with Gasteiger partial charge in [0.25, 0.3) is 0 Å². The summed E-state index contributed by atoms with van der Waals surface area (Å²) in [5.74, 6) is 0.792. The van der Waals surface area contributed by atoms with Crippen LogP contribution in [0.5, 0.6) is 0 Å².